The van der Waals surface area contributed by atoms with Gasteiger partial charge in [-0.1, -0.05) is 0 Å². The van der Waals surface area contributed by atoms with E-state index in [4.69, 9.17) is 9.47 Å². The minimum atomic E-state index is -3.16. The van der Waals surface area contributed by atoms with Crippen LogP contribution in [0.2, 0.25) is 0 Å². The second-order valence-corrected chi connectivity index (χ2v) is 10.2. The second-order valence-electron chi connectivity index (χ2n) is 10.2. The van der Waals surface area contributed by atoms with Crippen molar-refractivity contribution in [1.29, 1.82) is 0 Å². The number of nitrogens with one attached hydrogen (secondary N) is 3. The molecule has 41 heavy (non-hydrogen) atoms. The Balaban J connectivity index is 1.19. The largest absolute Gasteiger partial charge is 0.477 e. The van der Waals surface area contributed by atoms with E-state index in [2.05, 4.69) is 40.8 Å². The van der Waals surface area contributed by atoms with Gasteiger partial charge in [0.15, 0.2) is 5.82 Å². The van der Waals surface area contributed by atoms with E-state index in [0.29, 0.717) is 19.2 Å². The number of fused-ring (bicyclic) bond motifs is 1. The summed E-state index contributed by atoms with van der Waals surface area (Å²) in [6.07, 6.45) is 3.43. The maximum atomic E-state index is 15.0. The maximum absolute atomic E-state index is 15.0. The summed E-state index contributed by atoms with van der Waals surface area (Å²) in [5.41, 5.74) is 0. The molecule has 0 radical (unpaired) electrons. The minimum absolute atomic E-state index is 0.0371. The van der Waals surface area contributed by atoms with E-state index in [1.54, 1.807) is 11.8 Å². The SMILES string of the molecule is CCOc1cnc(NC(=O)N(C)[C@H]2CN(c3nccc(NC(=O)O[C@@H]4CC5CNCCN5C4)n3)CCC2(F)F)cn1. The number of piperidine rings is 1. The fourth-order valence-electron chi connectivity index (χ4n) is 5.27. The smallest absolute Gasteiger partial charge is 0.413 e. The summed E-state index contributed by atoms with van der Waals surface area (Å²) in [4.78, 5) is 46.8. The van der Waals surface area contributed by atoms with Crippen molar-refractivity contribution >= 4 is 29.7 Å². The summed E-state index contributed by atoms with van der Waals surface area (Å²) in [5.74, 6) is -2.44. The first kappa shape index (κ1) is 28.6. The zero-order chi connectivity index (χ0) is 29.0. The fourth-order valence-corrected chi connectivity index (χ4v) is 5.27. The number of anilines is 3. The predicted octanol–water partition coefficient (Wildman–Crippen LogP) is 1.64. The molecule has 222 valence electrons. The molecule has 0 bridgehead atoms. The molecule has 3 atom stereocenters. The van der Waals surface area contributed by atoms with Crippen LogP contribution in [0.1, 0.15) is 19.8 Å². The number of likely N-dealkylation sites (N-methyl/N-ethyl adjacent to an activating group) is 1. The van der Waals surface area contributed by atoms with Gasteiger partial charge in [-0.3, -0.25) is 15.5 Å². The Labute approximate surface area is 235 Å². The highest BCUT2D eigenvalue weighted by Crippen LogP contribution is 2.33. The number of urea groups is 1. The van der Waals surface area contributed by atoms with Gasteiger partial charge < -0.3 is 24.6 Å². The third-order valence-corrected chi connectivity index (χ3v) is 7.41. The summed E-state index contributed by atoms with van der Waals surface area (Å²) >= 11 is 0. The van der Waals surface area contributed by atoms with Crippen LogP contribution in [-0.4, -0.2) is 119 Å². The van der Waals surface area contributed by atoms with Gasteiger partial charge in [0.2, 0.25) is 11.8 Å². The first-order valence-electron chi connectivity index (χ1n) is 13.6. The number of hydrogen-bond donors (Lipinski definition) is 3. The van der Waals surface area contributed by atoms with Crippen molar-refractivity contribution in [2.24, 2.45) is 0 Å². The molecule has 3 amide bonds. The summed E-state index contributed by atoms with van der Waals surface area (Å²) < 4.78 is 40.8. The first-order chi connectivity index (χ1) is 19.7. The highest BCUT2D eigenvalue weighted by molar-refractivity contribution is 5.88. The maximum Gasteiger partial charge on any atom is 0.413 e. The summed E-state index contributed by atoms with van der Waals surface area (Å²) in [7, 11) is 1.29. The van der Waals surface area contributed by atoms with Gasteiger partial charge in [-0.25, -0.2) is 33.3 Å². The van der Waals surface area contributed by atoms with Crippen LogP contribution in [0.5, 0.6) is 5.88 Å². The number of nitrogens with zero attached hydrogens (tertiary/aromatic N) is 7. The zero-order valence-electron chi connectivity index (χ0n) is 22.9. The molecule has 0 aliphatic carbocycles. The number of carbonyl (C=O) groups excluding carboxylic acids is 2. The molecular weight excluding hydrogens is 542 g/mol. The quantitative estimate of drug-likeness (QED) is 0.441. The van der Waals surface area contributed by atoms with Gasteiger partial charge in [-0.15, -0.1) is 0 Å². The van der Waals surface area contributed by atoms with Crippen molar-refractivity contribution in [2.75, 3.05) is 68.5 Å². The van der Waals surface area contributed by atoms with Crippen LogP contribution < -0.4 is 25.6 Å². The normalized spacial score (nSPS) is 23.8. The summed E-state index contributed by atoms with van der Waals surface area (Å²) in [6, 6.07) is -0.396. The third kappa shape index (κ3) is 6.87. The Bertz CT molecular complexity index is 1210. The highest BCUT2D eigenvalue weighted by Gasteiger charge is 2.48. The van der Waals surface area contributed by atoms with Gasteiger partial charge in [0.05, 0.1) is 19.0 Å². The number of aromatic nitrogens is 4. The van der Waals surface area contributed by atoms with E-state index in [9.17, 15) is 18.4 Å². The molecule has 0 saturated carbocycles. The number of halogens is 2. The van der Waals surface area contributed by atoms with Crippen molar-refractivity contribution in [2.45, 2.75) is 43.9 Å². The average molecular weight is 577 g/mol. The standard InChI is InChI=1S/C25H34F2N10O4/c1-3-40-21-13-30-20(12-31-21)33-23(38)35(2)18-15-37(8-5-25(18,26)27)22-29-6-4-19(32-22)34-24(39)41-17-10-16-11-28-7-9-36(16)14-17/h4,6,12-13,16-18,28H,3,5,7-11,14-15H2,1-2H3,(H,30,33,38)(H,29,32,34,39)/t16?,17-,18+/m1/s1. The second kappa shape index (κ2) is 12.3. The third-order valence-electron chi connectivity index (χ3n) is 7.41. The van der Waals surface area contributed by atoms with Crippen LogP contribution in [0.15, 0.2) is 24.7 Å². The van der Waals surface area contributed by atoms with E-state index in [1.807, 2.05) is 0 Å². The number of amides is 3. The van der Waals surface area contributed by atoms with E-state index in [-0.39, 0.29) is 42.7 Å². The Morgan fingerprint density at radius 2 is 2.02 bits per heavy atom. The Morgan fingerprint density at radius 3 is 2.78 bits per heavy atom. The Kier molecular flexibility index (Phi) is 8.58. The Hall–Kier alpha value is -3.92. The first-order valence-corrected chi connectivity index (χ1v) is 13.6. The molecule has 0 aromatic carbocycles. The van der Waals surface area contributed by atoms with Crippen LogP contribution in [0.25, 0.3) is 0 Å². The van der Waals surface area contributed by atoms with Gasteiger partial charge in [0.25, 0.3) is 5.92 Å². The topological polar surface area (TPSA) is 150 Å². The van der Waals surface area contributed by atoms with E-state index >= 15 is 0 Å². The number of hydrogen-bond acceptors (Lipinski definition) is 11. The number of rotatable bonds is 7. The van der Waals surface area contributed by atoms with Crippen LogP contribution in [0.4, 0.5) is 36.0 Å². The summed E-state index contributed by atoms with van der Waals surface area (Å²) in [6.45, 7) is 5.33. The monoisotopic (exact) mass is 576 g/mol. The van der Waals surface area contributed by atoms with Crippen LogP contribution in [-0.2, 0) is 4.74 Å². The average Bonchev–Trinajstić information content (AvgIpc) is 3.36. The predicted molar refractivity (Wildman–Crippen MR) is 144 cm³/mol. The molecule has 2 aromatic rings. The number of ether oxygens (including phenoxy) is 2. The van der Waals surface area contributed by atoms with E-state index < -0.39 is 30.5 Å². The van der Waals surface area contributed by atoms with Crippen molar-refractivity contribution in [3.63, 3.8) is 0 Å². The number of piperazine rings is 1. The van der Waals surface area contributed by atoms with Crippen molar-refractivity contribution in [1.82, 2.24) is 35.1 Å². The van der Waals surface area contributed by atoms with Crippen molar-refractivity contribution in [3.05, 3.63) is 24.7 Å². The van der Waals surface area contributed by atoms with Crippen molar-refractivity contribution < 1.29 is 27.8 Å². The van der Waals surface area contributed by atoms with Gasteiger partial charge in [-0.05, 0) is 13.0 Å². The molecule has 3 aliphatic rings. The van der Waals surface area contributed by atoms with Gasteiger partial charge >= 0.3 is 12.1 Å². The fraction of sp³-hybridized carbons (Fsp3) is 0.600. The lowest BCUT2D eigenvalue weighted by atomic mass is 10.00. The van der Waals surface area contributed by atoms with E-state index in [0.717, 1.165) is 31.0 Å². The molecule has 1 unspecified atom stereocenters. The minimum Gasteiger partial charge on any atom is -0.477 e. The zero-order valence-corrected chi connectivity index (χ0v) is 22.9. The molecule has 5 heterocycles. The molecule has 0 spiro atoms. The molecule has 5 rings (SSSR count). The van der Waals surface area contributed by atoms with E-state index in [1.165, 1.54) is 31.7 Å². The number of alkyl halides is 2. The molecule has 3 aliphatic heterocycles. The van der Waals surface area contributed by atoms with Crippen molar-refractivity contribution in [3.8, 4) is 5.88 Å². The number of carbonyl (C=O) groups is 2. The van der Waals surface area contributed by atoms with Crippen LogP contribution in [0, 0.1) is 0 Å². The lowest BCUT2D eigenvalue weighted by molar-refractivity contribution is -0.0760. The van der Waals surface area contributed by atoms with Gasteiger partial charge in [-0.2, -0.15) is 4.98 Å². The molecule has 2 aromatic heterocycles. The molecular formula is C25H34F2N10O4. The molecule has 3 fully saturated rings. The molecule has 3 N–H and O–H groups in total. The van der Waals surface area contributed by atoms with Gasteiger partial charge in [0.1, 0.15) is 18.0 Å². The molecule has 16 heteroatoms. The summed E-state index contributed by atoms with van der Waals surface area (Å²) in [5, 5.41) is 8.45. The molecule has 3 saturated heterocycles. The van der Waals surface area contributed by atoms with Gasteiger partial charge in [0, 0.05) is 71.4 Å². The van der Waals surface area contributed by atoms with Crippen LogP contribution in [0.3, 0.4) is 0 Å². The highest BCUT2D eigenvalue weighted by atomic mass is 19.3. The lowest BCUT2D eigenvalue weighted by Gasteiger charge is -2.42. The lowest BCUT2D eigenvalue weighted by Crippen LogP contribution is -2.60. The molecule has 14 nitrogen and oxygen atoms in total. The Morgan fingerprint density at radius 1 is 1.17 bits per heavy atom. The van der Waals surface area contributed by atoms with Crippen LogP contribution >= 0.6 is 0 Å².